The van der Waals surface area contributed by atoms with Crippen molar-refractivity contribution >= 4 is 29.3 Å². The summed E-state index contributed by atoms with van der Waals surface area (Å²) in [5.41, 5.74) is 3.50. The Kier molecular flexibility index (Phi) is 4.58. The van der Waals surface area contributed by atoms with Gasteiger partial charge in [-0.1, -0.05) is 47.5 Å². The van der Waals surface area contributed by atoms with E-state index >= 15 is 0 Å². The van der Waals surface area contributed by atoms with E-state index in [4.69, 9.17) is 0 Å². The van der Waals surface area contributed by atoms with Gasteiger partial charge in [-0.05, 0) is 37.6 Å². The van der Waals surface area contributed by atoms with Crippen molar-refractivity contribution in [2.45, 2.75) is 13.8 Å². The van der Waals surface area contributed by atoms with E-state index < -0.39 is 0 Å². The van der Waals surface area contributed by atoms with E-state index in [1.54, 1.807) is 0 Å². The normalized spacial score (nSPS) is 12.6. The largest absolute Gasteiger partial charge is 0.313 e. The molecule has 2 aromatic carbocycles. The highest BCUT2D eigenvalue weighted by atomic mass is 32.1. The van der Waals surface area contributed by atoms with Crippen molar-refractivity contribution in [3.05, 3.63) is 90.3 Å². The van der Waals surface area contributed by atoms with Gasteiger partial charge in [0.25, 0.3) is 5.56 Å². The average Bonchev–Trinajstić information content (AvgIpc) is 2.87. The zero-order chi connectivity index (χ0) is 17.1. The Morgan fingerprint density at radius 3 is 2.38 bits per heavy atom. The summed E-state index contributed by atoms with van der Waals surface area (Å²) in [6.07, 6.45) is 3.31. The summed E-state index contributed by atoms with van der Waals surface area (Å²) in [6.45, 7) is 3.92. The number of benzene rings is 2. The van der Waals surface area contributed by atoms with Crippen LogP contribution in [0.3, 0.4) is 0 Å². The molecule has 120 valence electrons. The summed E-state index contributed by atoms with van der Waals surface area (Å²) in [5, 5.41) is 0. The molecule has 0 amide bonds. The molecule has 0 aliphatic heterocycles. The molecule has 0 saturated heterocycles. The zero-order valence-corrected chi connectivity index (χ0v) is 14.3. The molecule has 1 aromatic heterocycles. The molecule has 4 heteroatoms. The number of ketones is 1. The maximum Gasteiger partial charge on any atom is 0.266 e. The third-order valence-electron chi connectivity index (χ3n) is 3.55. The number of hydrogen-bond donors (Lipinski definition) is 1. The first kappa shape index (κ1) is 16.1. The molecule has 3 rings (SSSR count). The van der Waals surface area contributed by atoms with Gasteiger partial charge >= 0.3 is 0 Å². The smallest absolute Gasteiger partial charge is 0.266 e. The van der Waals surface area contributed by atoms with Crippen LogP contribution >= 0.6 is 11.3 Å². The standard InChI is InChI=1S/C20H17NO2S/c1-13-8-14(2)10-16(9-13)17(22)12-19-21-20(23)18(24-19)11-15-6-4-3-5-7-15/h3-12H,1-2H3,(H,21,23)/b18-11+,19-12+. The Morgan fingerprint density at radius 1 is 1.04 bits per heavy atom. The van der Waals surface area contributed by atoms with E-state index in [0.29, 0.717) is 14.8 Å². The lowest BCUT2D eigenvalue weighted by atomic mass is 10.0. The van der Waals surface area contributed by atoms with Crippen LogP contribution in [0, 0.1) is 13.8 Å². The van der Waals surface area contributed by atoms with Crippen LogP contribution in [-0.2, 0) is 0 Å². The lowest BCUT2D eigenvalue weighted by Gasteiger charge is -2.00. The molecule has 0 radical (unpaired) electrons. The number of nitrogens with one attached hydrogen (secondary N) is 1. The molecule has 3 aromatic rings. The Labute approximate surface area is 143 Å². The highest BCUT2D eigenvalue weighted by Gasteiger charge is 2.05. The van der Waals surface area contributed by atoms with Gasteiger partial charge in [0.2, 0.25) is 0 Å². The minimum Gasteiger partial charge on any atom is -0.313 e. The van der Waals surface area contributed by atoms with Gasteiger partial charge < -0.3 is 4.98 Å². The van der Waals surface area contributed by atoms with Crippen molar-refractivity contribution in [2.75, 3.05) is 0 Å². The summed E-state index contributed by atoms with van der Waals surface area (Å²) in [7, 11) is 0. The number of H-pyrrole nitrogens is 1. The lowest BCUT2D eigenvalue weighted by Crippen LogP contribution is -2.19. The number of hydrogen-bond acceptors (Lipinski definition) is 3. The lowest BCUT2D eigenvalue weighted by molar-refractivity contribution is 0.106. The highest BCUT2D eigenvalue weighted by molar-refractivity contribution is 7.07. The summed E-state index contributed by atoms with van der Waals surface area (Å²) < 4.78 is 1.15. The molecule has 24 heavy (non-hydrogen) atoms. The van der Waals surface area contributed by atoms with Crippen molar-refractivity contribution < 1.29 is 4.79 Å². The predicted molar refractivity (Wildman–Crippen MR) is 98.9 cm³/mol. The molecule has 0 saturated carbocycles. The molecule has 0 bridgehead atoms. The molecule has 0 fully saturated rings. The predicted octanol–water partition coefficient (Wildman–Crippen LogP) is 2.55. The Bertz CT molecular complexity index is 1040. The van der Waals surface area contributed by atoms with Crippen LogP contribution in [0.25, 0.3) is 12.2 Å². The average molecular weight is 335 g/mol. The van der Waals surface area contributed by atoms with E-state index in [2.05, 4.69) is 4.98 Å². The third-order valence-corrected chi connectivity index (χ3v) is 4.51. The summed E-state index contributed by atoms with van der Waals surface area (Å²) in [4.78, 5) is 27.2. The van der Waals surface area contributed by atoms with Crippen molar-refractivity contribution in [1.29, 1.82) is 0 Å². The Morgan fingerprint density at radius 2 is 1.71 bits per heavy atom. The molecule has 3 nitrogen and oxygen atoms in total. The molecule has 1 heterocycles. The van der Waals surface area contributed by atoms with Gasteiger partial charge in [-0.3, -0.25) is 9.59 Å². The van der Waals surface area contributed by atoms with Crippen LogP contribution in [0.1, 0.15) is 27.0 Å². The Hall–Kier alpha value is -2.72. The van der Waals surface area contributed by atoms with Crippen LogP contribution in [0.4, 0.5) is 0 Å². The van der Waals surface area contributed by atoms with E-state index in [0.717, 1.165) is 16.7 Å². The first-order valence-corrected chi connectivity index (χ1v) is 8.43. The number of thiazole rings is 1. The molecule has 0 unspecified atom stereocenters. The first-order valence-electron chi connectivity index (χ1n) is 7.61. The monoisotopic (exact) mass is 335 g/mol. The van der Waals surface area contributed by atoms with Gasteiger partial charge in [0.1, 0.15) is 0 Å². The van der Waals surface area contributed by atoms with E-state index in [1.165, 1.54) is 17.4 Å². The molecular weight excluding hydrogens is 318 g/mol. The molecular formula is C20H17NO2S. The molecule has 1 N–H and O–H groups in total. The van der Waals surface area contributed by atoms with Crippen molar-refractivity contribution in [2.24, 2.45) is 0 Å². The fourth-order valence-electron chi connectivity index (χ4n) is 2.54. The number of Topliss-reactive ketones (excluding diaryl/α,β-unsaturated/α-hetero) is 1. The maximum atomic E-state index is 12.4. The topological polar surface area (TPSA) is 49.9 Å². The second-order valence-corrected chi connectivity index (χ2v) is 6.81. The number of rotatable bonds is 3. The van der Waals surface area contributed by atoms with Gasteiger partial charge in [0.05, 0.1) is 9.20 Å². The quantitative estimate of drug-likeness (QED) is 0.748. The van der Waals surface area contributed by atoms with Gasteiger partial charge in [0.15, 0.2) is 5.78 Å². The highest BCUT2D eigenvalue weighted by Crippen LogP contribution is 2.10. The fraction of sp³-hybridized carbons (Fsp3) is 0.100. The van der Waals surface area contributed by atoms with Crippen molar-refractivity contribution in [3.8, 4) is 0 Å². The molecule has 0 atom stereocenters. The summed E-state index contributed by atoms with van der Waals surface area (Å²) in [5.74, 6) is -0.106. The van der Waals surface area contributed by atoms with Gasteiger partial charge in [-0.15, -0.1) is 11.3 Å². The van der Waals surface area contributed by atoms with Crippen LogP contribution in [0.15, 0.2) is 53.3 Å². The molecule has 0 aliphatic rings. The van der Waals surface area contributed by atoms with Gasteiger partial charge in [0, 0.05) is 11.6 Å². The van der Waals surface area contributed by atoms with Crippen LogP contribution in [0.5, 0.6) is 0 Å². The molecule has 0 spiro atoms. The number of aromatic amines is 1. The second kappa shape index (κ2) is 6.81. The van der Waals surface area contributed by atoms with E-state index in [9.17, 15) is 9.59 Å². The van der Waals surface area contributed by atoms with Crippen molar-refractivity contribution in [1.82, 2.24) is 4.98 Å². The van der Waals surface area contributed by atoms with E-state index in [-0.39, 0.29) is 11.3 Å². The van der Waals surface area contributed by atoms with Gasteiger partial charge in [-0.25, -0.2) is 0 Å². The third kappa shape index (κ3) is 3.78. The second-order valence-electron chi connectivity index (χ2n) is 5.72. The van der Waals surface area contributed by atoms with Crippen LogP contribution in [0.2, 0.25) is 0 Å². The van der Waals surface area contributed by atoms with Crippen LogP contribution < -0.4 is 14.8 Å². The van der Waals surface area contributed by atoms with Gasteiger partial charge in [-0.2, -0.15) is 0 Å². The zero-order valence-electron chi connectivity index (χ0n) is 13.5. The number of aryl methyl sites for hydroxylation is 2. The van der Waals surface area contributed by atoms with Crippen molar-refractivity contribution in [3.63, 3.8) is 0 Å². The SMILES string of the molecule is Cc1cc(C)cc(C(=O)/C=c2\[nH]c(=O)/c(=C\c3ccccc3)s2)c1. The minimum atomic E-state index is -0.177. The summed E-state index contributed by atoms with van der Waals surface area (Å²) in [6, 6.07) is 15.4. The first-order chi connectivity index (χ1) is 11.5. The molecule has 0 aliphatic carbocycles. The maximum absolute atomic E-state index is 12.4. The Balaban J connectivity index is 2.00. The minimum absolute atomic E-state index is 0.106. The number of carbonyl (C=O) groups excluding carboxylic acids is 1. The summed E-state index contributed by atoms with van der Waals surface area (Å²) >= 11 is 1.29. The van der Waals surface area contributed by atoms with Crippen LogP contribution in [-0.4, -0.2) is 10.8 Å². The number of aromatic nitrogens is 1. The fourth-order valence-corrected chi connectivity index (χ4v) is 3.43. The van der Waals surface area contributed by atoms with E-state index in [1.807, 2.05) is 68.5 Å². The number of carbonyl (C=O) groups is 1.